The van der Waals surface area contributed by atoms with Crippen molar-refractivity contribution in [3.63, 3.8) is 0 Å². The van der Waals surface area contributed by atoms with Crippen LogP contribution >= 0.6 is 0 Å². The zero-order chi connectivity index (χ0) is 24.4. The van der Waals surface area contributed by atoms with Crippen LogP contribution in [0.4, 0.5) is 0 Å². The van der Waals surface area contributed by atoms with Gasteiger partial charge in [0.25, 0.3) is 0 Å². The fourth-order valence-corrected chi connectivity index (χ4v) is 4.82. The van der Waals surface area contributed by atoms with E-state index in [2.05, 4.69) is 77.4 Å². The van der Waals surface area contributed by atoms with E-state index in [1.807, 2.05) is 26.0 Å². The average Bonchev–Trinajstić information content (AvgIpc) is 3.38. The topological polar surface area (TPSA) is 47.5 Å². The van der Waals surface area contributed by atoms with E-state index in [0.717, 1.165) is 44.1 Å². The molecule has 4 nitrogen and oxygen atoms in total. The van der Waals surface area contributed by atoms with Crippen molar-refractivity contribution in [2.45, 2.75) is 38.9 Å². The lowest BCUT2D eigenvalue weighted by molar-refractivity contribution is -0.0893. The van der Waals surface area contributed by atoms with E-state index in [1.54, 1.807) is 13.8 Å². The Balaban J connectivity index is 1.57. The van der Waals surface area contributed by atoms with Gasteiger partial charge in [-0.2, -0.15) is 0 Å². The summed E-state index contributed by atoms with van der Waals surface area (Å²) in [5, 5.41) is 15.1. The molecular formula is C30H28BNO3. The van der Waals surface area contributed by atoms with Crippen molar-refractivity contribution in [1.29, 1.82) is 0 Å². The molecule has 0 atom stereocenters. The number of rotatable bonds is 5. The molecule has 0 amide bonds. The number of aromatic nitrogens is 1. The molecule has 0 bridgehead atoms. The van der Waals surface area contributed by atoms with Gasteiger partial charge in [-0.15, -0.1) is 0 Å². The van der Waals surface area contributed by atoms with Gasteiger partial charge in [-0.05, 0) is 57.4 Å². The van der Waals surface area contributed by atoms with Gasteiger partial charge in [0, 0.05) is 21.5 Å². The molecule has 0 aliphatic heterocycles. The van der Waals surface area contributed by atoms with E-state index in [9.17, 15) is 5.11 Å². The Bertz CT molecular complexity index is 1670. The lowest BCUT2D eigenvalue weighted by Gasteiger charge is -2.37. The standard InChI is InChI=1S/C30H28BNO3/c1-29(2,33)30(3,4)35-31-22-14-10-18-26-27(22)21-13-9-17-25(28(21)34-26)32-23-15-7-5-11-19(23)20-12-6-8-16-24(20)32/h5-18,31,33H,1-4H3. The minimum atomic E-state index is -0.969. The van der Waals surface area contributed by atoms with Crippen LogP contribution in [0.25, 0.3) is 49.4 Å². The van der Waals surface area contributed by atoms with Crippen LogP contribution in [0.3, 0.4) is 0 Å². The first-order chi connectivity index (χ1) is 16.8. The minimum absolute atomic E-state index is 0.378. The SMILES string of the molecule is CC(C)(O)C(C)(C)OBc1cccc2oc3c(-n4c5ccccc5c5ccccc54)cccc3c12. The third-order valence-electron chi connectivity index (χ3n) is 7.47. The van der Waals surface area contributed by atoms with Gasteiger partial charge in [-0.25, -0.2) is 0 Å². The Morgan fingerprint density at radius 2 is 1.34 bits per heavy atom. The Labute approximate surface area is 205 Å². The van der Waals surface area contributed by atoms with Crippen molar-refractivity contribution in [1.82, 2.24) is 4.57 Å². The molecule has 4 aromatic carbocycles. The van der Waals surface area contributed by atoms with Crippen LogP contribution in [0.1, 0.15) is 27.7 Å². The minimum Gasteiger partial charge on any atom is -0.454 e. The van der Waals surface area contributed by atoms with Crippen molar-refractivity contribution in [3.8, 4) is 5.69 Å². The summed E-state index contributed by atoms with van der Waals surface area (Å²) in [4.78, 5) is 0. The molecule has 0 saturated heterocycles. The highest BCUT2D eigenvalue weighted by atomic mass is 16.5. The second-order valence-electron chi connectivity index (χ2n) is 10.3. The quantitative estimate of drug-likeness (QED) is 0.310. The molecular weight excluding hydrogens is 433 g/mol. The maximum absolute atomic E-state index is 10.5. The van der Waals surface area contributed by atoms with Crippen LogP contribution in [-0.2, 0) is 4.65 Å². The highest BCUT2D eigenvalue weighted by Crippen LogP contribution is 2.37. The number of hydrogen-bond acceptors (Lipinski definition) is 3. The van der Waals surface area contributed by atoms with E-state index >= 15 is 0 Å². The van der Waals surface area contributed by atoms with Crippen LogP contribution in [0, 0.1) is 0 Å². The summed E-state index contributed by atoms with van der Waals surface area (Å²) < 4.78 is 15.0. The van der Waals surface area contributed by atoms with E-state index in [4.69, 9.17) is 9.07 Å². The van der Waals surface area contributed by atoms with Gasteiger partial charge in [0.15, 0.2) is 5.58 Å². The number of furan rings is 1. The molecule has 0 spiro atoms. The molecule has 0 unspecified atom stereocenters. The molecule has 5 heteroatoms. The van der Waals surface area contributed by atoms with Crippen LogP contribution in [0.15, 0.2) is 89.3 Å². The van der Waals surface area contributed by atoms with Crippen LogP contribution < -0.4 is 5.46 Å². The molecule has 6 rings (SSSR count). The van der Waals surface area contributed by atoms with Gasteiger partial charge >= 0.3 is 7.48 Å². The summed E-state index contributed by atoms with van der Waals surface area (Å²) in [5.74, 6) is 0. The van der Waals surface area contributed by atoms with E-state index in [1.165, 1.54) is 10.8 Å². The first-order valence-electron chi connectivity index (χ1n) is 12.0. The van der Waals surface area contributed by atoms with Crippen molar-refractivity contribution in [2.75, 3.05) is 0 Å². The van der Waals surface area contributed by atoms with Crippen molar-refractivity contribution < 1.29 is 14.2 Å². The molecule has 0 aliphatic rings. The number of para-hydroxylation sites is 3. The van der Waals surface area contributed by atoms with E-state index in [0.29, 0.717) is 7.48 Å². The van der Waals surface area contributed by atoms with Crippen LogP contribution in [0.5, 0.6) is 0 Å². The highest BCUT2D eigenvalue weighted by molar-refractivity contribution is 6.53. The molecule has 0 aliphatic carbocycles. The zero-order valence-corrected chi connectivity index (χ0v) is 20.5. The van der Waals surface area contributed by atoms with Gasteiger partial charge in [0.2, 0.25) is 0 Å². The number of hydrogen-bond donors (Lipinski definition) is 1. The third-order valence-corrected chi connectivity index (χ3v) is 7.47. The smallest absolute Gasteiger partial charge is 0.310 e. The summed E-state index contributed by atoms with van der Waals surface area (Å²) in [6, 6.07) is 29.4. The molecule has 174 valence electrons. The second-order valence-corrected chi connectivity index (χ2v) is 10.3. The first kappa shape index (κ1) is 22.0. The van der Waals surface area contributed by atoms with Gasteiger partial charge in [0.1, 0.15) is 5.58 Å². The normalized spacial score (nSPS) is 12.8. The number of fused-ring (bicyclic) bond motifs is 6. The Kier molecular flexibility index (Phi) is 4.86. The van der Waals surface area contributed by atoms with Crippen LogP contribution in [0.2, 0.25) is 0 Å². The summed E-state index contributed by atoms with van der Waals surface area (Å²) in [6.07, 6.45) is 0. The number of aliphatic hydroxyl groups is 1. The van der Waals surface area contributed by atoms with Gasteiger partial charge in [-0.1, -0.05) is 60.7 Å². The molecule has 2 heterocycles. The maximum Gasteiger partial charge on any atom is 0.310 e. The highest BCUT2D eigenvalue weighted by Gasteiger charge is 2.36. The predicted octanol–water partition coefficient (Wildman–Crippen LogP) is 6.23. The summed E-state index contributed by atoms with van der Waals surface area (Å²) in [6.45, 7) is 7.39. The molecule has 35 heavy (non-hydrogen) atoms. The zero-order valence-electron chi connectivity index (χ0n) is 20.5. The third kappa shape index (κ3) is 3.38. The monoisotopic (exact) mass is 461 g/mol. The predicted molar refractivity (Wildman–Crippen MR) is 146 cm³/mol. The van der Waals surface area contributed by atoms with Crippen molar-refractivity contribution in [2.24, 2.45) is 0 Å². The van der Waals surface area contributed by atoms with Crippen molar-refractivity contribution in [3.05, 3.63) is 84.9 Å². The Morgan fingerprint density at radius 1 is 0.743 bits per heavy atom. The van der Waals surface area contributed by atoms with Gasteiger partial charge in [-0.3, -0.25) is 0 Å². The molecule has 0 fully saturated rings. The van der Waals surface area contributed by atoms with Crippen LogP contribution in [-0.4, -0.2) is 28.4 Å². The average molecular weight is 461 g/mol. The summed E-state index contributed by atoms with van der Waals surface area (Å²) >= 11 is 0. The molecule has 0 saturated carbocycles. The molecule has 1 N–H and O–H groups in total. The maximum atomic E-state index is 10.5. The van der Waals surface area contributed by atoms with Gasteiger partial charge in [0.05, 0.1) is 27.9 Å². The second kappa shape index (κ2) is 7.74. The number of nitrogens with zero attached hydrogens (tertiary/aromatic N) is 1. The largest absolute Gasteiger partial charge is 0.454 e. The van der Waals surface area contributed by atoms with Crippen molar-refractivity contribution >= 4 is 56.7 Å². The number of benzene rings is 4. The fraction of sp³-hybridized carbons (Fsp3) is 0.200. The Morgan fingerprint density at radius 3 is 2.00 bits per heavy atom. The fourth-order valence-electron chi connectivity index (χ4n) is 4.82. The molecule has 2 aromatic heterocycles. The molecule has 6 aromatic rings. The van der Waals surface area contributed by atoms with Gasteiger partial charge < -0.3 is 18.7 Å². The Hall–Kier alpha value is -3.54. The first-order valence-corrected chi connectivity index (χ1v) is 12.0. The summed E-state index contributed by atoms with van der Waals surface area (Å²) in [7, 11) is 0.378. The lowest BCUT2D eigenvalue weighted by Crippen LogP contribution is -2.49. The molecule has 0 radical (unpaired) electrons. The lowest BCUT2D eigenvalue weighted by atomic mass is 9.80. The van der Waals surface area contributed by atoms with E-state index in [-0.39, 0.29) is 0 Å². The summed E-state index contributed by atoms with van der Waals surface area (Å²) in [5.41, 5.74) is 4.36. The van der Waals surface area contributed by atoms with E-state index < -0.39 is 11.2 Å².